The van der Waals surface area contributed by atoms with Crippen LogP contribution in [0.25, 0.3) is 0 Å². The summed E-state index contributed by atoms with van der Waals surface area (Å²) in [5.74, 6) is 0. The fourth-order valence-corrected chi connectivity index (χ4v) is 7.25. The first kappa shape index (κ1) is 9.68. The molecule has 0 aliphatic heterocycles. The summed E-state index contributed by atoms with van der Waals surface area (Å²) in [6.45, 7) is 0. The fraction of sp³-hybridized carbons (Fsp3) is 1.00. The third kappa shape index (κ3) is 1.58. The van der Waals surface area contributed by atoms with Gasteiger partial charge in [0.15, 0.2) is 0 Å². The molecule has 0 radical (unpaired) electrons. The van der Waals surface area contributed by atoms with Crippen molar-refractivity contribution in [1.29, 1.82) is 0 Å². The van der Waals surface area contributed by atoms with Crippen LogP contribution in [0.2, 0.25) is 11.1 Å². The highest BCUT2D eigenvalue weighted by Gasteiger charge is 2.56. The van der Waals surface area contributed by atoms with Crippen LogP contribution in [0.1, 0.15) is 38.5 Å². The van der Waals surface area contributed by atoms with Crippen LogP contribution < -0.4 is 0 Å². The van der Waals surface area contributed by atoms with Crippen molar-refractivity contribution in [2.45, 2.75) is 49.6 Å². The van der Waals surface area contributed by atoms with E-state index in [9.17, 15) is 0 Å². The van der Waals surface area contributed by atoms with Gasteiger partial charge in [0.05, 0.1) is 0 Å². The maximum atomic E-state index is 5.81. The summed E-state index contributed by atoms with van der Waals surface area (Å²) in [4.78, 5) is 0. The van der Waals surface area contributed by atoms with Gasteiger partial charge in [-0.15, -0.1) is 0 Å². The predicted octanol–water partition coefficient (Wildman–Crippen LogP) is 2.83. The zero-order chi connectivity index (χ0) is 9.31. The van der Waals surface area contributed by atoms with E-state index in [4.69, 9.17) is 8.85 Å². The van der Waals surface area contributed by atoms with Gasteiger partial charge in [0.1, 0.15) is 0 Å². The van der Waals surface area contributed by atoms with Gasteiger partial charge >= 0.3 is 8.56 Å². The van der Waals surface area contributed by atoms with E-state index >= 15 is 0 Å². The fourth-order valence-electron chi connectivity index (χ4n) is 2.90. The maximum Gasteiger partial charge on any atom is 0.344 e. The van der Waals surface area contributed by atoms with Gasteiger partial charge in [-0.05, 0) is 25.7 Å². The van der Waals surface area contributed by atoms with Crippen LogP contribution in [0.3, 0.4) is 0 Å². The highest BCUT2D eigenvalue weighted by molar-refractivity contribution is 6.71. The summed E-state index contributed by atoms with van der Waals surface area (Å²) >= 11 is 0. The van der Waals surface area contributed by atoms with Crippen LogP contribution in [0.4, 0.5) is 0 Å². The minimum absolute atomic E-state index is 0.787. The SMILES string of the molecule is CO[Si](OC)(C1CCCC1)C1CC1. The van der Waals surface area contributed by atoms with E-state index in [2.05, 4.69) is 0 Å². The molecule has 0 atom stereocenters. The molecule has 2 saturated carbocycles. The molecule has 2 aliphatic rings. The van der Waals surface area contributed by atoms with Crippen molar-refractivity contribution in [3.05, 3.63) is 0 Å². The van der Waals surface area contributed by atoms with Crippen LogP contribution >= 0.6 is 0 Å². The zero-order valence-corrected chi connectivity index (χ0v) is 9.71. The molecule has 2 aliphatic carbocycles. The lowest BCUT2D eigenvalue weighted by Gasteiger charge is -2.33. The molecule has 76 valence electrons. The minimum atomic E-state index is -1.78. The van der Waals surface area contributed by atoms with E-state index in [1.807, 2.05) is 14.2 Å². The Hall–Kier alpha value is 0.137. The molecule has 0 spiro atoms. The molecule has 3 heteroatoms. The lowest BCUT2D eigenvalue weighted by molar-refractivity contribution is 0.226. The molecule has 0 unspecified atom stereocenters. The average molecular weight is 200 g/mol. The quantitative estimate of drug-likeness (QED) is 0.650. The second kappa shape index (κ2) is 3.71. The van der Waals surface area contributed by atoms with Gasteiger partial charge in [0.25, 0.3) is 0 Å². The van der Waals surface area contributed by atoms with E-state index < -0.39 is 8.56 Å². The van der Waals surface area contributed by atoms with Crippen molar-refractivity contribution in [2.75, 3.05) is 14.2 Å². The Morgan fingerprint density at radius 1 is 0.846 bits per heavy atom. The number of hydrogen-bond acceptors (Lipinski definition) is 2. The summed E-state index contributed by atoms with van der Waals surface area (Å²) in [6.07, 6.45) is 8.18. The smallest absolute Gasteiger partial charge is 0.344 e. The molecule has 0 saturated heterocycles. The van der Waals surface area contributed by atoms with Crippen molar-refractivity contribution in [3.63, 3.8) is 0 Å². The van der Waals surface area contributed by atoms with Crippen LogP contribution in [0.5, 0.6) is 0 Å². The Morgan fingerprint density at radius 2 is 1.31 bits per heavy atom. The molecular formula is C10H20O2Si. The first-order valence-corrected chi connectivity index (χ1v) is 7.41. The second-order valence-electron chi connectivity index (χ2n) is 4.39. The van der Waals surface area contributed by atoms with Crippen LogP contribution in [0.15, 0.2) is 0 Å². The third-order valence-electron chi connectivity index (χ3n) is 3.71. The number of rotatable bonds is 4. The second-order valence-corrected chi connectivity index (χ2v) is 8.28. The average Bonchev–Trinajstić information content (AvgIpc) is 2.85. The molecule has 0 amide bonds. The number of hydrogen-bond donors (Lipinski definition) is 0. The molecule has 0 aromatic heterocycles. The summed E-state index contributed by atoms with van der Waals surface area (Å²) in [5, 5.41) is 0. The zero-order valence-electron chi connectivity index (χ0n) is 8.71. The first-order chi connectivity index (χ1) is 6.33. The Balaban J connectivity index is 2.09. The monoisotopic (exact) mass is 200 g/mol. The van der Waals surface area contributed by atoms with Crippen molar-refractivity contribution >= 4 is 8.56 Å². The standard InChI is InChI=1S/C10H20O2Si/c1-11-13(12-2,10-7-8-10)9-5-3-4-6-9/h9-10H,3-8H2,1-2H3. The maximum absolute atomic E-state index is 5.81. The molecule has 2 nitrogen and oxygen atoms in total. The molecule has 2 fully saturated rings. The van der Waals surface area contributed by atoms with Gasteiger partial charge in [0, 0.05) is 25.3 Å². The van der Waals surface area contributed by atoms with Crippen molar-refractivity contribution < 1.29 is 8.85 Å². The summed E-state index contributed by atoms with van der Waals surface area (Å²) in [7, 11) is 1.96. The molecule has 0 aromatic rings. The van der Waals surface area contributed by atoms with E-state index in [0.717, 1.165) is 11.1 Å². The van der Waals surface area contributed by atoms with E-state index in [1.165, 1.54) is 38.5 Å². The summed E-state index contributed by atoms with van der Waals surface area (Å²) in [6, 6.07) is 0. The molecule has 13 heavy (non-hydrogen) atoms. The van der Waals surface area contributed by atoms with Crippen LogP contribution in [-0.2, 0) is 8.85 Å². The van der Waals surface area contributed by atoms with E-state index in [1.54, 1.807) is 0 Å². The molecule has 0 bridgehead atoms. The van der Waals surface area contributed by atoms with Gasteiger partial charge in [-0.2, -0.15) is 0 Å². The van der Waals surface area contributed by atoms with Gasteiger partial charge < -0.3 is 8.85 Å². The lowest BCUT2D eigenvalue weighted by atomic mass is 10.4. The summed E-state index contributed by atoms with van der Waals surface area (Å²) < 4.78 is 11.6. The minimum Gasteiger partial charge on any atom is -0.397 e. The Morgan fingerprint density at radius 3 is 1.69 bits per heavy atom. The Bertz CT molecular complexity index is 170. The first-order valence-electron chi connectivity index (χ1n) is 5.44. The van der Waals surface area contributed by atoms with E-state index in [-0.39, 0.29) is 0 Å². The van der Waals surface area contributed by atoms with Crippen LogP contribution in [-0.4, -0.2) is 22.8 Å². The topological polar surface area (TPSA) is 18.5 Å². The van der Waals surface area contributed by atoms with Crippen molar-refractivity contribution in [3.8, 4) is 0 Å². The molecule has 0 heterocycles. The van der Waals surface area contributed by atoms with Crippen LogP contribution in [0, 0.1) is 0 Å². The lowest BCUT2D eigenvalue weighted by Crippen LogP contribution is -2.45. The molecule has 2 rings (SSSR count). The third-order valence-corrected chi connectivity index (χ3v) is 8.42. The Labute approximate surface area is 81.9 Å². The normalized spacial score (nSPS) is 25.4. The highest BCUT2D eigenvalue weighted by Crippen LogP contribution is 2.54. The largest absolute Gasteiger partial charge is 0.397 e. The van der Waals surface area contributed by atoms with Gasteiger partial charge in [-0.25, -0.2) is 0 Å². The van der Waals surface area contributed by atoms with Gasteiger partial charge in [0.2, 0.25) is 0 Å². The highest BCUT2D eigenvalue weighted by atomic mass is 28.4. The summed E-state index contributed by atoms with van der Waals surface area (Å²) in [5.41, 5.74) is 1.60. The molecule has 0 aromatic carbocycles. The van der Waals surface area contributed by atoms with Gasteiger partial charge in [-0.1, -0.05) is 12.8 Å². The van der Waals surface area contributed by atoms with Gasteiger partial charge in [-0.3, -0.25) is 0 Å². The van der Waals surface area contributed by atoms with E-state index in [0.29, 0.717) is 0 Å². The van der Waals surface area contributed by atoms with Crippen molar-refractivity contribution in [2.24, 2.45) is 0 Å². The molecule has 0 N–H and O–H groups in total. The van der Waals surface area contributed by atoms with Crippen molar-refractivity contribution in [1.82, 2.24) is 0 Å². The predicted molar refractivity (Wildman–Crippen MR) is 55.0 cm³/mol. The Kier molecular flexibility index (Phi) is 2.77. The molecular weight excluding hydrogens is 180 g/mol.